The number of carbonyl (C=O) groups is 2. The summed E-state index contributed by atoms with van der Waals surface area (Å²) in [5.41, 5.74) is 8.39. The van der Waals surface area contributed by atoms with Crippen molar-refractivity contribution in [3.05, 3.63) is 28.8 Å². The van der Waals surface area contributed by atoms with Crippen LogP contribution in [-0.4, -0.2) is 18.0 Å². The molecule has 3 aliphatic carbocycles. The largest absolute Gasteiger partial charge is 0.550 e. The number of fused-ring (bicyclic) bond motifs is 5. The van der Waals surface area contributed by atoms with Gasteiger partial charge < -0.3 is 20.4 Å². The minimum Gasteiger partial charge on any atom is -0.550 e. The molecular formula is C26H37NO4. The second-order valence-corrected chi connectivity index (χ2v) is 11.6. The molecule has 5 atom stereocenters. The Morgan fingerprint density at radius 2 is 1.87 bits per heavy atom. The van der Waals surface area contributed by atoms with Gasteiger partial charge in [0.2, 0.25) is 0 Å². The lowest BCUT2D eigenvalue weighted by atomic mass is 9.43. The average Bonchev–Trinajstić information content (AvgIpc) is 2.94. The van der Waals surface area contributed by atoms with Crippen LogP contribution in [0.3, 0.4) is 0 Å². The highest BCUT2D eigenvalue weighted by atomic mass is 16.5. The van der Waals surface area contributed by atoms with Gasteiger partial charge >= 0.3 is 5.97 Å². The minimum atomic E-state index is -1.29. The Labute approximate surface area is 185 Å². The molecule has 0 spiro atoms. The number of hydrogen-bond donors (Lipinski definition) is 1. The molecule has 0 radical (unpaired) electrons. The Kier molecular flexibility index (Phi) is 5.28. The van der Waals surface area contributed by atoms with Crippen LogP contribution in [-0.2, 0) is 21.4 Å². The fourth-order valence-electron chi connectivity index (χ4n) is 7.97. The van der Waals surface area contributed by atoms with Gasteiger partial charge in [0.05, 0.1) is 6.42 Å². The minimum absolute atomic E-state index is 0.157. The first kappa shape index (κ1) is 22.3. The number of quaternary nitrogens is 1. The number of esters is 1. The topological polar surface area (TPSA) is 94.1 Å². The number of ether oxygens (including phenoxy) is 1. The normalized spacial score (nSPS) is 34.3. The van der Waals surface area contributed by atoms with Crippen LogP contribution in [0.15, 0.2) is 12.1 Å². The number of carboxylic acids is 1. The number of aryl methyl sites for hydroxylation is 1. The van der Waals surface area contributed by atoms with Crippen molar-refractivity contribution in [3.63, 3.8) is 0 Å². The molecule has 5 heteroatoms. The summed E-state index contributed by atoms with van der Waals surface area (Å²) in [7, 11) is 0. The highest BCUT2D eigenvalue weighted by Crippen LogP contribution is 2.67. The van der Waals surface area contributed by atoms with Gasteiger partial charge in [0.1, 0.15) is 5.75 Å². The summed E-state index contributed by atoms with van der Waals surface area (Å²) in [6, 6.07) is 2.99. The Morgan fingerprint density at radius 1 is 1.16 bits per heavy atom. The number of aliphatic carboxylic acids is 1. The molecule has 0 heterocycles. The quantitative estimate of drug-likeness (QED) is 0.590. The maximum atomic E-state index is 12.3. The van der Waals surface area contributed by atoms with E-state index in [1.807, 2.05) is 12.1 Å². The van der Waals surface area contributed by atoms with Gasteiger partial charge in [-0.05, 0) is 95.9 Å². The van der Waals surface area contributed by atoms with Crippen molar-refractivity contribution >= 4 is 11.9 Å². The summed E-state index contributed by atoms with van der Waals surface area (Å²) in [5.74, 6) is -0.0726. The number of hydrogen-bond acceptors (Lipinski definition) is 4. The predicted molar refractivity (Wildman–Crippen MR) is 116 cm³/mol. The third kappa shape index (κ3) is 3.49. The summed E-state index contributed by atoms with van der Waals surface area (Å²) in [6.07, 6.45) is 6.99. The molecule has 0 aliphatic heterocycles. The number of rotatable bonds is 4. The molecule has 31 heavy (non-hydrogen) atoms. The van der Waals surface area contributed by atoms with Crippen molar-refractivity contribution in [1.82, 2.24) is 0 Å². The van der Waals surface area contributed by atoms with E-state index in [1.165, 1.54) is 48.8 Å². The van der Waals surface area contributed by atoms with Crippen molar-refractivity contribution in [2.24, 2.45) is 22.7 Å². The van der Waals surface area contributed by atoms with Crippen molar-refractivity contribution in [1.29, 1.82) is 0 Å². The third-order valence-corrected chi connectivity index (χ3v) is 9.14. The van der Waals surface area contributed by atoms with Crippen molar-refractivity contribution in [2.45, 2.75) is 91.0 Å². The molecule has 0 aromatic heterocycles. The number of carbonyl (C=O) groups excluding carboxylic acids is 2. The molecule has 2 fully saturated rings. The Morgan fingerprint density at radius 3 is 2.55 bits per heavy atom. The van der Waals surface area contributed by atoms with Gasteiger partial charge in [0.15, 0.2) is 6.04 Å². The zero-order valence-corrected chi connectivity index (χ0v) is 19.7. The van der Waals surface area contributed by atoms with Gasteiger partial charge in [0, 0.05) is 5.97 Å². The standard InChI is InChI=1S/C26H37NO4/c1-15-11-17(31-23(30)18(27)14-21(28)29)12-16-13-20-25(4)9-6-8-24(2,3)19(25)7-10-26(20,5)22(15)16/h11-12,18-20H,6-10,13-14,27H2,1-5H3,(H,28,29)/t18?,19?,20-,25+,26-/m1/s1. The second-order valence-electron chi connectivity index (χ2n) is 11.6. The Hall–Kier alpha value is -1.88. The van der Waals surface area contributed by atoms with Gasteiger partial charge in [-0.2, -0.15) is 0 Å². The van der Waals surface area contributed by atoms with Crippen LogP contribution in [0.4, 0.5) is 0 Å². The molecule has 0 amide bonds. The van der Waals surface area contributed by atoms with E-state index in [9.17, 15) is 14.7 Å². The molecule has 170 valence electrons. The molecule has 0 bridgehead atoms. The molecule has 5 nitrogen and oxygen atoms in total. The van der Waals surface area contributed by atoms with E-state index >= 15 is 0 Å². The van der Waals surface area contributed by atoms with Crippen LogP contribution in [0.5, 0.6) is 5.75 Å². The lowest BCUT2D eigenvalue weighted by molar-refractivity contribution is -0.411. The molecule has 3 N–H and O–H groups in total. The maximum Gasteiger partial charge on any atom is 0.370 e. The summed E-state index contributed by atoms with van der Waals surface area (Å²) < 4.78 is 5.54. The average molecular weight is 428 g/mol. The Balaban J connectivity index is 1.65. The molecule has 2 saturated carbocycles. The SMILES string of the molecule is Cc1cc(OC(=O)C([NH3+])CC(=O)[O-])cc2c1[C@]1(C)CCC3C(C)(C)CCC[C@]3(C)[C@H]1C2. The van der Waals surface area contributed by atoms with Gasteiger partial charge in [-0.25, -0.2) is 4.79 Å². The van der Waals surface area contributed by atoms with E-state index in [0.717, 1.165) is 12.3 Å². The fraction of sp³-hybridized carbons (Fsp3) is 0.692. The highest BCUT2D eigenvalue weighted by molar-refractivity contribution is 5.81. The van der Waals surface area contributed by atoms with E-state index in [2.05, 4.69) is 40.4 Å². The summed E-state index contributed by atoms with van der Waals surface area (Å²) in [4.78, 5) is 23.1. The second kappa shape index (κ2) is 7.33. The van der Waals surface area contributed by atoms with Gasteiger partial charge in [-0.3, -0.25) is 0 Å². The molecule has 2 unspecified atom stereocenters. The highest BCUT2D eigenvalue weighted by Gasteiger charge is 2.61. The lowest BCUT2D eigenvalue weighted by Gasteiger charge is -2.61. The molecule has 4 rings (SSSR count). The molecular weight excluding hydrogens is 390 g/mol. The van der Waals surface area contributed by atoms with E-state index < -0.39 is 24.4 Å². The van der Waals surface area contributed by atoms with E-state index in [1.54, 1.807) is 0 Å². The molecule has 3 aliphatic rings. The van der Waals surface area contributed by atoms with Crippen molar-refractivity contribution in [2.75, 3.05) is 0 Å². The van der Waals surface area contributed by atoms with E-state index in [4.69, 9.17) is 4.74 Å². The van der Waals surface area contributed by atoms with E-state index in [-0.39, 0.29) is 5.41 Å². The van der Waals surface area contributed by atoms with Gasteiger partial charge in [-0.1, -0.05) is 34.1 Å². The number of carboxylic acid groups (broad SMARTS) is 1. The first-order valence-corrected chi connectivity index (χ1v) is 11.8. The monoisotopic (exact) mass is 427 g/mol. The smallest absolute Gasteiger partial charge is 0.370 e. The molecule has 0 saturated heterocycles. The first-order valence-electron chi connectivity index (χ1n) is 11.8. The maximum absolute atomic E-state index is 12.3. The zero-order valence-electron chi connectivity index (χ0n) is 19.7. The predicted octanol–water partition coefficient (Wildman–Crippen LogP) is 2.71. The van der Waals surface area contributed by atoms with Gasteiger partial charge in [0.25, 0.3) is 0 Å². The van der Waals surface area contributed by atoms with Crippen LogP contribution < -0.4 is 15.6 Å². The number of benzene rings is 1. The lowest BCUT2D eigenvalue weighted by Crippen LogP contribution is -2.67. The Bertz CT molecular complexity index is 922. The molecule has 1 aromatic rings. The van der Waals surface area contributed by atoms with Crippen molar-refractivity contribution in [3.8, 4) is 5.75 Å². The van der Waals surface area contributed by atoms with Gasteiger partial charge in [-0.15, -0.1) is 0 Å². The summed E-state index contributed by atoms with van der Waals surface area (Å²) in [5, 5.41) is 10.8. The third-order valence-electron chi connectivity index (χ3n) is 9.14. The van der Waals surface area contributed by atoms with Crippen LogP contribution in [0.1, 0.15) is 82.9 Å². The zero-order chi connectivity index (χ0) is 22.8. The van der Waals surface area contributed by atoms with Crippen LogP contribution in [0, 0.1) is 29.6 Å². The molecule has 1 aromatic carbocycles. The van der Waals surface area contributed by atoms with Crippen LogP contribution in [0.2, 0.25) is 0 Å². The van der Waals surface area contributed by atoms with E-state index in [0.29, 0.717) is 22.5 Å². The first-order chi connectivity index (χ1) is 14.4. The fourth-order valence-corrected chi connectivity index (χ4v) is 7.97. The van der Waals surface area contributed by atoms with Crippen LogP contribution in [0.25, 0.3) is 0 Å². The summed E-state index contributed by atoms with van der Waals surface area (Å²) in [6.45, 7) is 12.0. The summed E-state index contributed by atoms with van der Waals surface area (Å²) >= 11 is 0. The van der Waals surface area contributed by atoms with Crippen LogP contribution >= 0.6 is 0 Å². The van der Waals surface area contributed by atoms with Crippen molar-refractivity contribution < 1.29 is 25.2 Å².